The van der Waals surface area contributed by atoms with Crippen molar-refractivity contribution in [1.82, 2.24) is 9.97 Å². The number of hydrogen-bond acceptors (Lipinski definition) is 6. The first kappa shape index (κ1) is 39.9. The molecule has 0 radical (unpaired) electrons. The third-order valence-corrected chi connectivity index (χ3v) is 15.1. The number of benzene rings is 10. The first-order valence-corrected chi connectivity index (χ1v) is 23.9. The van der Waals surface area contributed by atoms with Gasteiger partial charge in [0.25, 0.3) is 0 Å². The topological polar surface area (TPSA) is 32.3 Å². The van der Waals surface area contributed by atoms with Crippen LogP contribution in [0.25, 0.3) is 118 Å². The van der Waals surface area contributed by atoms with E-state index in [2.05, 4.69) is 232 Å². The molecule has 0 aliphatic heterocycles. The minimum Gasteiger partial charge on any atom is -0.378 e. The lowest BCUT2D eigenvalue weighted by atomic mass is 9.77. The fraction of sp³-hybridized carbons (Fsp3) is 0.0667. The summed E-state index contributed by atoms with van der Waals surface area (Å²) in [5.41, 5.74) is 16.2. The molecule has 4 nitrogen and oxygen atoms in total. The van der Waals surface area contributed by atoms with Crippen LogP contribution in [0.5, 0.6) is 0 Å². The SMILES string of the molecule is CN(C)c1ccc2sc(-c3ccc(-c4c5ccccc5c(-c5ccc(-c6nc7ccc(N(C)C)cc7s6)cc5)c5c(-c6ccccc6)c6ccccc6c(-c6ccccc6)c45)cc3)nc2c1. The van der Waals surface area contributed by atoms with Crippen LogP contribution >= 0.6 is 22.7 Å². The maximum Gasteiger partial charge on any atom is 0.124 e. The van der Waals surface area contributed by atoms with E-state index in [-0.39, 0.29) is 0 Å². The summed E-state index contributed by atoms with van der Waals surface area (Å²) in [6.07, 6.45) is 0. The molecular formula is C60H44N4S2. The molecule has 0 amide bonds. The van der Waals surface area contributed by atoms with Crippen LogP contribution in [0.3, 0.4) is 0 Å². The maximum absolute atomic E-state index is 5.14. The number of thiazole rings is 2. The molecule has 66 heavy (non-hydrogen) atoms. The van der Waals surface area contributed by atoms with Gasteiger partial charge in [-0.3, -0.25) is 0 Å². The second-order valence-electron chi connectivity index (χ2n) is 17.4. The summed E-state index contributed by atoms with van der Waals surface area (Å²) >= 11 is 3.49. The molecule has 0 saturated heterocycles. The lowest BCUT2D eigenvalue weighted by molar-refractivity contribution is 1.13. The highest BCUT2D eigenvalue weighted by atomic mass is 32.1. The van der Waals surface area contributed by atoms with Gasteiger partial charge in [-0.05, 0) is 113 Å². The Labute approximate surface area is 392 Å². The van der Waals surface area contributed by atoms with Crippen molar-refractivity contribution in [1.29, 1.82) is 0 Å². The summed E-state index contributed by atoms with van der Waals surface area (Å²) in [6.45, 7) is 0. The van der Waals surface area contributed by atoms with Crippen molar-refractivity contribution in [2.75, 3.05) is 38.0 Å². The zero-order valence-corrected chi connectivity index (χ0v) is 38.7. The molecule has 316 valence electrons. The number of rotatable bonds is 8. The highest BCUT2D eigenvalue weighted by Gasteiger charge is 2.26. The number of hydrogen-bond donors (Lipinski definition) is 0. The largest absolute Gasteiger partial charge is 0.378 e. The number of nitrogens with zero attached hydrogens (tertiary/aromatic N) is 4. The van der Waals surface area contributed by atoms with E-state index in [1.165, 1.54) is 80.8 Å². The standard InChI is InChI=1S/C60H44N4S2/c1-63(2)43-32-34-51-50(35-43)62-60(65-51)42-29-25-40(26-30-42)56-48-22-14-13-21-47(48)55(39-23-27-41(28-24-39)59-61-49-33-31-44(64(3)4)36-52(49)66-59)57-53(37-15-7-5-8-16-37)45-19-11-12-20-46(45)54(58(56)57)38-17-9-6-10-18-38/h5-36H,1-4H3. The Hall–Kier alpha value is -7.64. The van der Waals surface area contributed by atoms with Crippen molar-refractivity contribution in [2.24, 2.45) is 0 Å². The Kier molecular flexibility index (Phi) is 9.74. The van der Waals surface area contributed by atoms with Crippen LogP contribution in [-0.2, 0) is 0 Å². The van der Waals surface area contributed by atoms with Crippen molar-refractivity contribution in [3.8, 4) is 65.6 Å². The van der Waals surface area contributed by atoms with Crippen molar-refractivity contribution in [3.05, 3.63) is 194 Å². The molecule has 0 fully saturated rings. The summed E-state index contributed by atoms with van der Waals surface area (Å²) in [7, 11) is 8.31. The van der Waals surface area contributed by atoms with Crippen molar-refractivity contribution < 1.29 is 0 Å². The van der Waals surface area contributed by atoms with E-state index in [1.54, 1.807) is 22.7 Å². The van der Waals surface area contributed by atoms with Crippen LogP contribution in [0.4, 0.5) is 11.4 Å². The van der Waals surface area contributed by atoms with Gasteiger partial charge in [0, 0.05) is 50.7 Å². The van der Waals surface area contributed by atoms with Crippen LogP contribution in [0, 0.1) is 0 Å². The summed E-state index contributed by atoms with van der Waals surface area (Å²) in [4.78, 5) is 14.5. The summed E-state index contributed by atoms with van der Waals surface area (Å²) in [5.74, 6) is 0. The zero-order chi connectivity index (χ0) is 44.5. The molecule has 10 aromatic carbocycles. The first-order valence-electron chi connectivity index (χ1n) is 22.3. The summed E-state index contributed by atoms with van der Waals surface area (Å²) in [6, 6.07) is 71.4. The van der Waals surface area contributed by atoms with E-state index in [4.69, 9.17) is 9.97 Å². The van der Waals surface area contributed by atoms with Gasteiger partial charge in [-0.25, -0.2) is 9.97 Å². The Balaban J connectivity index is 1.15. The first-order chi connectivity index (χ1) is 32.4. The van der Waals surface area contributed by atoms with E-state index in [0.29, 0.717) is 0 Å². The molecule has 2 aromatic heterocycles. The normalized spacial score (nSPS) is 11.6. The van der Waals surface area contributed by atoms with Crippen molar-refractivity contribution >= 4 is 86.8 Å². The lowest BCUT2D eigenvalue weighted by Gasteiger charge is -2.25. The van der Waals surface area contributed by atoms with E-state index < -0.39 is 0 Å². The minimum atomic E-state index is 1.02. The van der Waals surface area contributed by atoms with Crippen LogP contribution < -0.4 is 9.80 Å². The zero-order valence-electron chi connectivity index (χ0n) is 37.1. The van der Waals surface area contributed by atoms with Crippen LogP contribution in [0.1, 0.15) is 0 Å². The summed E-state index contributed by atoms with van der Waals surface area (Å²) in [5, 5.41) is 9.39. The Morgan fingerprint density at radius 3 is 1.14 bits per heavy atom. The number of fused-ring (bicyclic) bond motifs is 5. The number of aromatic nitrogens is 2. The van der Waals surface area contributed by atoms with Gasteiger partial charge < -0.3 is 9.80 Å². The average molecular weight is 885 g/mol. The third-order valence-electron chi connectivity index (χ3n) is 12.9. The molecule has 0 bridgehead atoms. The summed E-state index contributed by atoms with van der Waals surface area (Å²) < 4.78 is 2.37. The molecule has 0 atom stereocenters. The van der Waals surface area contributed by atoms with Gasteiger partial charge in [-0.15, -0.1) is 22.7 Å². The second kappa shape index (κ2) is 16.1. The predicted molar refractivity (Wildman–Crippen MR) is 287 cm³/mol. The minimum absolute atomic E-state index is 1.02. The molecular weight excluding hydrogens is 841 g/mol. The average Bonchev–Trinajstić information content (AvgIpc) is 4.00. The van der Waals surface area contributed by atoms with Gasteiger partial charge in [-0.2, -0.15) is 0 Å². The van der Waals surface area contributed by atoms with Gasteiger partial charge >= 0.3 is 0 Å². The van der Waals surface area contributed by atoms with E-state index >= 15 is 0 Å². The highest BCUT2D eigenvalue weighted by molar-refractivity contribution is 7.22. The maximum atomic E-state index is 5.14. The fourth-order valence-corrected chi connectivity index (χ4v) is 11.7. The molecule has 0 saturated carbocycles. The molecule has 0 unspecified atom stereocenters. The van der Waals surface area contributed by atoms with Gasteiger partial charge in [0.15, 0.2) is 0 Å². The molecule has 12 rings (SSSR count). The van der Waals surface area contributed by atoms with Crippen molar-refractivity contribution in [3.63, 3.8) is 0 Å². The molecule has 6 heteroatoms. The van der Waals surface area contributed by atoms with Crippen LogP contribution in [0.2, 0.25) is 0 Å². The Bertz CT molecular complexity index is 3540. The fourth-order valence-electron chi connectivity index (χ4n) is 9.73. The van der Waals surface area contributed by atoms with E-state index in [0.717, 1.165) is 49.0 Å². The predicted octanol–water partition coefficient (Wildman–Crippen LogP) is 16.5. The molecule has 12 aromatic rings. The van der Waals surface area contributed by atoms with Crippen LogP contribution in [0.15, 0.2) is 194 Å². The molecule has 0 aliphatic carbocycles. The third kappa shape index (κ3) is 6.72. The monoisotopic (exact) mass is 884 g/mol. The number of anilines is 2. The van der Waals surface area contributed by atoms with Gasteiger partial charge in [0.05, 0.1) is 20.4 Å². The van der Waals surface area contributed by atoms with Gasteiger partial charge in [0.1, 0.15) is 10.0 Å². The quantitative estimate of drug-likeness (QED) is 0.142. The Morgan fingerprint density at radius 2 is 0.682 bits per heavy atom. The van der Waals surface area contributed by atoms with E-state index in [9.17, 15) is 0 Å². The van der Waals surface area contributed by atoms with E-state index in [1.807, 2.05) is 0 Å². The molecule has 2 heterocycles. The van der Waals surface area contributed by atoms with Gasteiger partial charge in [-0.1, -0.05) is 158 Å². The molecule has 0 N–H and O–H groups in total. The Morgan fingerprint density at radius 1 is 0.318 bits per heavy atom. The van der Waals surface area contributed by atoms with Crippen LogP contribution in [-0.4, -0.2) is 38.2 Å². The lowest BCUT2D eigenvalue weighted by Crippen LogP contribution is -2.07. The van der Waals surface area contributed by atoms with Gasteiger partial charge in [0.2, 0.25) is 0 Å². The molecule has 0 spiro atoms. The highest BCUT2D eigenvalue weighted by Crippen LogP contribution is 2.54. The molecule has 0 aliphatic rings. The smallest absolute Gasteiger partial charge is 0.124 e. The van der Waals surface area contributed by atoms with Crippen molar-refractivity contribution in [2.45, 2.75) is 0 Å². The second-order valence-corrected chi connectivity index (χ2v) is 19.4.